The summed E-state index contributed by atoms with van der Waals surface area (Å²) in [5, 5.41) is 13.4. The summed E-state index contributed by atoms with van der Waals surface area (Å²) >= 11 is 0. The Balaban J connectivity index is 1.55. The lowest BCUT2D eigenvalue weighted by molar-refractivity contribution is 0.0957. The summed E-state index contributed by atoms with van der Waals surface area (Å²) in [5.74, 6) is -0.257. The van der Waals surface area contributed by atoms with Crippen LogP contribution < -0.4 is 5.43 Å². The minimum atomic E-state index is -0.257. The number of nitrogens with one attached hydrogen (secondary N) is 1. The molecule has 1 aromatic heterocycles. The largest absolute Gasteiger partial charge is 0.271 e. The van der Waals surface area contributed by atoms with Crippen molar-refractivity contribution < 1.29 is 9.42 Å². The number of aromatic nitrogens is 2. The van der Waals surface area contributed by atoms with Crippen LogP contribution in [0.2, 0.25) is 0 Å². The van der Waals surface area contributed by atoms with E-state index in [1.807, 2.05) is 42.5 Å². The maximum absolute atomic E-state index is 12.4. The lowest BCUT2D eigenvalue weighted by atomic mass is 10.0. The summed E-state index contributed by atoms with van der Waals surface area (Å²) in [5.41, 5.74) is 5.24. The van der Waals surface area contributed by atoms with Crippen LogP contribution in [0.1, 0.15) is 15.9 Å². The lowest BCUT2D eigenvalue weighted by Gasteiger charge is -2.04. The van der Waals surface area contributed by atoms with Crippen molar-refractivity contribution in [3.8, 4) is 0 Å². The van der Waals surface area contributed by atoms with E-state index in [1.165, 1.54) is 0 Å². The molecule has 0 saturated carbocycles. The van der Waals surface area contributed by atoms with Gasteiger partial charge in [0.2, 0.25) is 0 Å². The van der Waals surface area contributed by atoms with Crippen molar-refractivity contribution in [2.24, 2.45) is 5.10 Å². The zero-order valence-electron chi connectivity index (χ0n) is 12.5. The molecule has 0 saturated heterocycles. The maximum Gasteiger partial charge on any atom is 0.271 e. The van der Waals surface area contributed by atoms with Gasteiger partial charge in [-0.15, -0.1) is 0 Å². The van der Waals surface area contributed by atoms with Crippen molar-refractivity contribution >= 4 is 33.9 Å². The number of amides is 1. The number of hydrogen-bond acceptors (Lipinski definition) is 5. The first-order valence-corrected chi connectivity index (χ1v) is 7.35. The molecule has 0 aliphatic heterocycles. The molecule has 0 unspecified atom stereocenters. The minimum Gasteiger partial charge on any atom is -0.267 e. The van der Waals surface area contributed by atoms with Gasteiger partial charge >= 0.3 is 0 Å². The third-order valence-corrected chi connectivity index (χ3v) is 3.69. The van der Waals surface area contributed by atoms with Gasteiger partial charge in [0.05, 0.1) is 6.21 Å². The van der Waals surface area contributed by atoms with Crippen molar-refractivity contribution in [1.82, 2.24) is 15.7 Å². The number of carbonyl (C=O) groups is 1. The summed E-state index contributed by atoms with van der Waals surface area (Å²) in [6.07, 6.45) is 1.55. The second kappa shape index (κ2) is 5.92. The highest BCUT2D eigenvalue weighted by atomic mass is 16.6. The van der Waals surface area contributed by atoms with Gasteiger partial charge in [0, 0.05) is 5.56 Å². The standard InChI is InChI=1S/C18H12N4O2/c23-18(15-7-3-5-13-4-1-2-6-14(13)15)20-19-11-12-8-9-16-17(10-12)22-24-21-16/h1-11H,(H,20,23)/b19-11-. The fourth-order valence-electron chi connectivity index (χ4n) is 2.53. The van der Waals surface area contributed by atoms with Gasteiger partial charge in [-0.2, -0.15) is 5.10 Å². The van der Waals surface area contributed by atoms with Crippen molar-refractivity contribution in [3.63, 3.8) is 0 Å². The number of fused-ring (bicyclic) bond motifs is 2. The molecular weight excluding hydrogens is 304 g/mol. The van der Waals surface area contributed by atoms with Gasteiger partial charge in [0.15, 0.2) is 0 Å². The molecule has 6 heteroatoms. The van der Waals surface area contributed by atoms with Gasteiger partial charge < -0.3 is 0 Å². The van der Waals surface area contributed by atoms with Crippen LogP contribution in [0.25, 0.3) is 21.8 Å². The predicted molar refractivity (Wildman–Crippen MR) is 90.8 cm³/mol. The van der Waals surface area contributed by atoms with Crippen LogP contribution in [0.4, 0.5) is 0 Å². The van der Waals surface area contributed by atoms with Crippen LogP contribution in [0, 0.1) is 0 Å². The highest BCUT2D eigenvalue weighted by Crippen LogP contribution is 2.18. The van der Waals surface area contributed by atoms with E-state index in [0.29, 0.717) is 16.6 Å². The van der Waals surface area contributed by atoms with Crippen LogP contribution in [-0.4, -0.2) is 22.4 Å². The number of hydrogen-bond donors (Lipinski definition) is 1. The number of rotatable bonds is 3. The average molecular weight is 316 g/mol. The fourth-order valence-corrected chi connectivity index (χ4v) is 2.53. The van der Waals surface area contributed by atoms with E-state index in [-0.39, 0.29) is 5.91 Å². The Bertz CT molecular complexity index is 1060. The second-order valence-electron chi connectivity index (χ2n) is 5.24. The van der Waals surface area contributed by atoms with E-state index in [4.69, 9.17) is 0 Å². The molecule has 0 radical (unpaired) electrons. The normalized spacial score (nSPS) is 11.3. The monoisotopic (exact) mass is 316 g/mol. The number of hydrazone groups is 1. The number of nitrogens with zero attached hydrogens (tertiary/aromatic N) is 3. The van der Waals surface area contributed by atoms with Crippen LogP contribution in [-0.2, 0) is 0 Å². The molecule has 1 N–H and O–H groups in total. The zero-order valence-corrected chi connectivity index (χ0v) is 12.5. The smallest absolute Gasteiger partial charge is 0.267 e. The van der Waals surface area contributed by atoms with E-state index >= 15 is 0 Å². The molecule has 0 bridgehead atoms. The summed E-state index contributed by atoms with van der Waals surface area (Å²) in [4.78, 5) is 12.4. The molecule has 6 nitrogen and oxygen atoms in total. The Morgan fingerprint density at radius 3 is 2.79 bits per heavy atom. The third kappa shape index (κ3) is 2.61. The third-order valence-electron chi connectivity index (χ3n) is 3.69. The molecule has 4 rings (SSSR count). The van der Waals surface area contributed by atoms with Crippen LogP contribution in [0.5, 0.6) is 0 Å². The minimum absolute atomic E-state index is 0.257. The van der Waals surface area contributed by atoms with E-state index < -0.39 is 0 Å². The first-order chi connectivity index (χ1) is 11.8. The fraction of sp³-hybridized carbons (Fsp3) is 0. The van der Waals surface area contributed by atoms with Gasteiger partial charge in [-0.1, -0.05) is 42.5 Å². The summed E-state index contributed by atoms with van der Waals surface area (Å²) in [6.45, 7) is 0. The Hall–Kier alpha value is -3.54. The topological polar surface area (TPSA) is 80.4 Å². The Kier molecular flexibility index (Phi) is 3.47. The molecular formula is C18H12N4O2. The van der Waals surface area contributed by atoms with Gasteiger partial charge in [0.1, 0.15) is 11.0 Å². The first kappa shape index (κ1) is 14.1. The zero-order chi connectivity index (χ0) is 16.4. The molecule has 0 spiro atoms. The number of benzene rings is 3. The lowest BCUT2D eigenvalue weighted by Crippen LogP contribution is -2.17. The Labute approximate surface area is 136 Å². The molecule has 0 fully saturated rings. The Morgan fingerprint density at radius 2 is 1.83 bits per heavy atom. The summed E-state index contributed by atoms with van der Waals surface area (Å²) in [7, 11) is 0. The molecule has 0 atom stereocenters. The average Bonchev–Trinajstić information content (AvgIpc) is 3.09. The van der Waals surface area contributed by atoms with Crippen molar-refractivity contribution in [3.05, 3.63) is 71.8 Å². The summed E-state index contributed by atoms with van der Waals surface area (Å²) < 4.78 is 4.65. The molecule has 1 heterocycles. The molecule has 0 aliphatic rings. The molecule has 24 heavy (non-hydrogen) atoms. The van der Waals surface area contributed by atoms with Gasteiger partial charge in [-0.25, -0.2) is 10.1 Å². The molecule has 0 aliphatic carbocycles. The van der Waals surface area contributed by atoms with Gasteiger partial charge in [-0.3, -0.25) is 4.79 Å². The molecule has 116 valence electrons. The molecule has 3 aromatic carbocycles. The maximum atomic E-state index is 12.4. The van der Waals surface area contributed by atoms with Gasteiger partial charge in [-0.05, 0) is 44.8 Å². The first-order valence-electron chi connectivity index (χ1n) is 7.35. The van der Waals surface area contributed by atoms with E-state index in [9.17, 15) is 4.79 Å². The summed E-state index contributed by atoms with van der Waals surface area (Å²) in [6, 6.07) is 18.7. The quantitative estimate of drug-likeness (QED) is 0.465. The SMILES string of the molecule is O=C(N/N=C\c1ccc2nonc2c1)c1cccc2ccccc12. The van der Waals surface area contributed by atoms with Crippen molar-refractivity contribution in [2.45, 2.75) is 0 Å². The van der Waals surface area contributed by atoms with Crippen molar-refractivity contribution in [2.75, 3.05) is 0 Å². The van der Waals surface area contributed by atoms with E-state index in [0.717, 1.165) is 16.3 Å². The number of carbonyl (C=O) groups excluding carboxylic acids is 1. The highest BCUT2D eigenvalue weighted by molar-refractivity contribution is 6.07. The van der Waals surface area contributed by atoms with E-state index in [1.54, 1.807) is 24.4 Å². The van der Waals surface area contributed by atoms with Crippen LogP contribution >= 0.6 is 0 Å². The second-order valence-corrected chi connectivity index (χ2v) is 5.24. The van der Waals surface area contributed by atoms with Crippen molar-refractivity contribution in [1.29, 1.82) is 0 Å². The molecule has 1 amide bonds. The van der Waals surface area contributed by atoms with E-state index in [2.05, 4.69) is 25.5 Å². The Morgan fingerprint density at radius 1 is 1.00 bits per heavy atom. The van der Waals surface area contributed by atoms with Crippen LogP contribution in [0.3, 0.4) is 0 Å². The van der Waals surface area contributed by atoms with Crippen LogP contribution in [0.15, 0.2) is 70.4 Å². The highest BCUT2D eigenvalue weighted by Gasteiger charge is 2.08. The molecule has 4 aromatic rings. The van der Waals surface area contributed by atoms with Gasteiger partial charge in [0.25, 0.3) is 5.91 Å². The predicted octanol–water partition coefficient (Wildman–Crippen LogP) is 3.14.